The summed E-state index contributed by atoms with van der Waals surface area (Å²) >= 11 is 0. The molecule has 3 rings (SSSR count). The first kappa shape index (κ1) is 12.9. The van der Waals surface area contributed by atoms with Gasteiger partial charge < -0.3 is 10.3 Å². The van der Waals surface area contributed by atoms with Gasteiger partial charge in [0.15, 0.2) is 0 Å². The molecule has 0 saturated heterocycles. The third kappa shape index (κ3) is 2.46. The van der Waals surface area contributed by atoms with Gasteiger partial charge in [-0.25, -0.2) is 4.98 Å². The number of nitrogens with zero attached hydrogens (tertiary/aromatic N) is 1. The zero-order valence-corrected chi connectivity index (χ0v) is 11.9. The highest BCUT2D eigenvalue weighted by molar-refractivity contribution is 5.93. The molecule has 104 valence electrons. The van der Waals surface area contributed by atoms with E-state index < -0.39 is 0 Å². The molecule has 0 fully saturated rings. The zero-order chi connectivity index (χ0) is 14.1. The third-order valence-corrected chi connectivity index (χ3v) is 4.01. The van der Waals surface area contributed by atoms with Gasteiger partial charge in [-0.05, 0) is 43.9 Å². The number of rotatable bonds is 2. The van der Waals surface area contributed by atoms with E-state index in [4.69, 9.17) is 0 Å². The van der Waals surface area contributed by atoms with Crippen LogP contribution in [0.4, 0.5) is 5.69 Å². The average Bonchev–Trinajstić information content (AvgIpc) is 2.90. The van der Waals surface area contributed by atoms with Gasteiger partial charge in [0.05, 0.1) is 12.0 Å². The van der Waals surface area contributed by atoms with Crippen molar-refractivity contribution in [2.75, 3.05) is 5.32 Å². The van der Waals surface area contributed by atoms with Crippen molar-refractivity contribution in [2.24, 2.45) is 5.92 Å². The number of H-pyrrole nitrogens is 1. The van der Waals surface area contributed by atoms with E-state index in [-0.39, 0.29) is 11.8 Å². The van der Waals surface area contributed by atoms with E-state index in [9.17, 15) is 4.79 Å². The molecular formula is C16H19N3O. The van der Waals surface area contributed by atoms with Gasteiger partial charge in [-0.3, -0.25) is 4.79 Å². The third-order valence-electron chi connectivity index (χ3n) is 4.01. The van der Waals surface area contributed by atoms with Gasteiger partial charge in [-0.1, -0.05) is 12.1 Å². The molecule has 0 radical (unpaired) electrons. The van der Waals surface area contributed by atoms with Crippen molar-refractivity contribution in [2.45, 2.75) is 33.1 Å². The molecule has 1 aliphatic carbocycles. The summed E-state index contributed by atoms with van der Waals surface area (Å²) in [6.45, 7) is 4.05. The first-order valence-electron chi connectivity index (χ1n) is 7.02. The largest absolute Gasteiger partial charge is 0.348 e. The quantitative estimate of drug-likeness (QED) is 0.880. The number of benzene rings is 1. The second-order valence-electron chi connectivity index (χ2n) is 5.58. The van der Waals surface area contributed by atoms with Crippen LogP contribution in [0.15, 0.2) is 24.5 Å². The summed E-state index contributed by atoms with van der Waals surface area (Å²) in [5.74, 6) is 0.141. The highest BCUT2D eigenvalue weighted by Gasteiger charge is 2.26. The topological polar surface area (TPSA) is 57.8 Å². The second-order valence-corrected chi connectivity index (χ2v) is 5.58. The van der Waals surface area contributed by atoms with E-state index in [1.807, 2.05) is 26.0 Å². The van der Waals surface area contributed by atoms with Crippen molar-refractivity contribution >= 4 is 11.6 Å². The minimum Gasteiger partial charge on any atom is -0.348 e. The fourth-order valence-electron chi connectivity index (χ4n) is 2.73. The summed E-state index contributed by atoms with van der Waals surface area (Å²) in [4.78, 5) is 19.8. The molecular weight excluding hydrogens is 250 g/mol. The van der Waals surface area contributed by atoms with E-state index >= 15 is 0 Å². The standard InChI is InChI=1S/C16H19N3O/c1-10-3-4-11(2)14(7-10)19-16(20)12-5-6-13-15(8-12)18-9-17-13/h3-4,7,9,12H,5-6,8H2,1-2H3,(H,17,18)(H,19,20). The molecule has 20 heavy (non-hydrogen) atoms. The van der Waals surface area contributed by atoms with Gasteiger partial charge in [-0.15, -0.1) is 0 Å². The van der Waals surface area contributed by atoms with Crippen LogP contribution >= 0.6 is 0 Å². The summed E-state index contributed by atoms with van der Waals surface area (Å²) in [6.07, 6.45) is 4.22. The Kier molecular flexibility index (Phi) is 3.30. The van der Waals surface area contributed by atoms with Gasteiger partial charge in [0.2, 0.25) is 5.91 Å². The number of aryl methyl sites for hydroxylation is 3. The number of fused-ring (bicyclic) bond motifs is 1. The summed E-state index contributed by atoms with van der Waals surface area (Å²) in [7, 11) is 0. The summed E-state index contributed by atoms with van der Waals surface area (Å²) in [5, 5.41) is 3.07. The minimum absolute atomic E-state index is 0.0304. The number of aromatic nitrogens is 2. The molecule has 0 saturated carbocycles. The summed E-state index contributed by atoms with van der Waals surface area (Å²) in [5.41, 5.74) is 5.40. The summed E-state index contributed by atoms with van der Waals surface area (Å²) in [6, 6.07) is 6.12. The number of amides is 1. The lowest BCUT2D eigenvalue weighted by molar-refractivity contribution is -0.120. The van der Waals surface area contributed by atoms with E-state index in [1.54, 1.807) is 6.33 Å². The van der Waals surface area contributed by atoms with Gasteiger partial charge in [0.1, 0.15) is 0 Å². The van der Waals surface area contributed by atoms with Crippen LogP contribution in [-0.4, -0.2) is 15.9 Å². The molecule has 1 unspecified atom stereocenters. The SMILES string of the molecule is Cc1ccc(C)c(NC(=O)C2CCc3nc[nH]c3C2)c1. The Hall–Kier alpha value is -2.10. The fourth-order valence-corrected chi connectivity index (χ4v) is 2.73. The molecule has 1 atom stereocenters. The number of carbonyl (C=O) groups excluding carboxylic acids is 1. The van der Waals surface area contributed by atoms with Gasteiger partial charge in [-0.2, -0.15) is 0 Å². The maximum Gasteiger partial charge on any atom is 0.227 e. The Balaban J connectivity index is 1.73. The zero-order valence-electron chi connectivity index (χ0n) is 11.9. The van der Waals surface area contributed by atoms with Crippen molar-refractivity contribution in [3.8, 4) is 0 Å². The molecule has 4 nitrogen and oxygen atoms in total. The Labute approximate surface area is 118 Å². The predicted octanol–water partition coefficient (Wildman–Crippen LogP) is 2.77. The predicted molar refractivity (Wildman–Crippen MR) is 78.6 cm³/mol. The minimum atomic E-state index is 0.0304. The molecule has 1 aromatic carbocycles. The first-order valence-corrected chi connectivity index (χ1v) is 7.02. The Morgan fingerprint density at radius 3 is 3.10 bits per heavy atom. The van der Waals surface area contributed by atoms with Crippen LogP contribution in [0.25, 0.3) is 0 Å². The molecule has 2 aromatic rings. The normalized spacial score (nSPS) is 17.6. The molecule has 0 spiro atoms. The second kappa shape index (κ2) is 5.12. The van der Waals surface area contributed by atoms with Crippen molar-refractivity contribution in [3.63, 3.8) is 0 Å². The van der Waals surface area contributed by atoms with Gasteiger partial charge in [0.25, 0.3) is 0 Å². The van der Waals surface area contributed by atoms with Gasteiger partial charge >= 0.3 is 0 Å². The summed E-state index contributed by atoms with van der Waals surface area (Å²) < 4.78 is 0. The van der Waals surface area contributed by atoms with E-state index in [2.05, 4.69) is 21.4 Å². The molecule has 1 aliphatic rings. The van der Waals surface area contributed by atoms with E-state index in [1.165, 1.54) is 0 Å². The Morgan fingerprint density at radius 2 is 2.25 bits per heavy atom. The van der Waals surface area contributed by atoms with Crippen molar-refractivity contribution < 1.29 is 4.79 Å². The lowest BCUT2D eigenvalue weighted by Gasteiger charge is -2.21. The van der Waals surface area contributed by atoms with E-state index in [0.717, 1.165) is 47.5 Å². The van der Waals surface area contributed by atoms with Crippen LogP contribution < -0.4 is 5.32 Å². The number of imidazole rings is 1. The van der Waals surface area contributed by atoms with Crippen LogP contribution in [0.3, 0.4) is 0 Å². The van der Waals surface area contributed by atoms with Crippen LogP contribution in [0.5, 0.6) is 0 Å². The number of nitrogens with one attached hydrogen (secondary N) is 2. The average molecular weight is 269 g/mol. The molecule has 4 heteroatoms. The fraction of sp³-hybridized carbons (Fsp3) is 0.375. The number of hydrogen-bond acceptors (Lipinski definition) is 2. The van der Waals surface area contributed by atoms with Crippen LogP contribution in [-0.2, 0) is 17.6 Å². The highest BCUT2D eigenvalue weighted by Crippen LogP contribution is 2.25. The van der Waals surface area contributed by atoms with E-state index in [0.29, 0.717) is 0 Å². The first-order chi connectivity index (χ1) is 9.63. The lowest BCUT2D eigenvalue weighted by Crippen LogP contribution is -2.28. The molecule has 1 heterocycles. The van der Waals surface area contributed by atoms with Crippen LogP contribution in [0.1, 0.15) is 28.9 Å². The van der Waals surface area contributed by atoms with Gasteiger partial charge in [0, 0.05) is 23.7 Å². The molecule has 2 N–H and O–H groups in total. The maximum absolute atomic E-state index is 12.4. The maximum atomic E-state index is 12.4. The van der Waals surface area contributed by atoms with Crippen molar-refractivity contribution in [1.82, 2.24) is 9.97 Å². The monoisotopic (exact) mass is 269 g/mol. The Bertz CT molecular complexity index is 645. The van der Waals surface area contributed by atoms with Crippen LogP contribution in [0, 0.1) is 19.8 Å². The lowest BCUT2D eigenvalue weighted by atomic mass is 9.89. The molecule has 0 aliphatic heterocycles. The van der Waals surface area contributed by atoms with Crippen molar-refractivity contribution in [1.29, 1.82) is 0 Å². The number of aromatic amines is 1. The highest BCUT2D eigenvalue weighted by atomic mass is 16.1. The smallest absolute Gasteiger partial charge is 0.227 e. The molecule has 1 amide bonds. The molecule has 0 bridgehead atoms. The number of carbonyl (C=O) groups is 1. The number of anilines is 1. The molecule has 1 aromatic heterocycles. The van der Waals surface area contributed by atoms with Crippen LogP contribution in [0.2, 0.25) is 0 Å². The Morgan fingerprint density at radius 1 is 1.40 bits per heavy atom. The number of hydrogen-bond donors (Lipinski definition) is 2. The van der Waals surface area contributed by atoms with Crippen molar-refractivity contribution in [3.05, 3.63) is 47.0 Å².